The van der Waals surface area contributed by atoms with Crippen LogP contribution in [0.1, 0.15) is 23.7 Å². The first-order valence-corrected chi connectivity index (χ1v) is 6.73. The Balaban J connectivity index is 2.26. The van der Waals surface area contributed by atoms with Crippen LogP contribution in [0.4, 0.5) is 14.5 Å². The molecule has 0 radical (unpaired) electrons. The van der Waals surface area contributed by atoms with E-state index in [9.17, 15) is 13.6 Å². The van der Waals surface area contributed by atoms with Gasteiger partial charge in [0.1, 0.15) is 17.2 Å². The zero-order valence-corrected chi connectivity index (χ0v) is 12.6. The summed E-state index contributed by atoms with van der Waals surface area (Å²) in [5.74, 6) is 0.711. The molecule has 1 heterocycles. The summed E-state index contributed by atoms with van der Waals surface area (Å²) in [6.45, 7) is 5.48. The van der Waals surface area contributed by atoms with Gasteiger partial charge in [0.25, 0.3) is 0 Å². The maximum Gasteiger partial charge on any atom is 0.162 e. The smallest absolute Gasteiger partial charge is 0.162 e. The standard InChI is InChI=1S/C16H17F2N3O/c1-5-6-16(20(4)19-3)9-21(10-16)15-8-13(17)12(11(2)22)7-14(15)18/h1,7-8H,3,6,9-10H2,2,4H3. The summed E-state index contributed by atoms with van der Waals surface area (Å²) in [5.41, 5.74) is -0.562. The second-order valence-electron chi connectivity index (χ2n) is 5.47. The molecule has 0 aliphatic carbocycles. The lowest BCUT2D eigenvalue weighted by molar-refractivity contribution is 0.0938. The third kappa shape index (κ3) is 2.54. The minimum atomic E-state index is -0.728. The Morgan fingerprint density at radius 3 is 2.64 bits per heavy atom. The fourth-order valence-corrected chi connectivity index (χ4v) is 2.65. The molecule has 1 aliphatic rings. The molecule has 0 amide bonds. The monoisotopic (exact) mass is 305 g/mol. The van der Waals surface area contributed by atoms with E-state index in [0.29, 0.717) is 19.5 Å². The van der Waals surface area contributed by atoms with Gasteiger partial charge in [-0.3, -0.25) is 9.80 Å². The number of halogens is 2. The number of likely N-dealkylation sites (N-methyl/N-ethyl adjacent to an activating group) is 1. The van der Waals surface area contributed by atoms with Crippen LogP contribution in [0.3, 0.4) is 0 Å². The normalized spacial score (nSPS) is 15.7. The maximum atomic E-state index is 14.1. The third-order valence-electron chi connectivity index (χ3n) is 4.06. The van der Waals surface area contributed by atoms with Gasteiger partial charge >= 0.3 is 0 Å². The van der Waals surface area contributed by atoms with Crippen LogP contribution < -0.4 is 4.90 Å². The van der Waals surface area contributed by atoms with Crippen molar-refractivity contribution in [1.82, 2.24) is 5.01 Å². The van der Waals surface area contributed by atoms with Crippen LogP contribution in [-0.4, -0.2) is 43.2 Å². The molecular formula is C16H17F2N3O. The summed E-state index contributed by atoms with van der Waals surface area (Å²) in [6.07, 6.45) is 5.80. The van der Waals surface area contributed by atoms with Crippen molar-refractivity contribution in [2.45, 2.75) is 18.9 Å². The molecule has 0 unspecified atom stereocenters. The number of ketones is 1. The largest absolute Gasteiger partial charge is 0.364 e. The van der Waals surface area contributed by atoms with E-state index >= 15 is 0 Å². The molecule has 0 aromatic heterocycles. The minimum absolute atomic E-state index is 0.118. The number of hydrogen-bond donors (Lipinski definition) is 0. The van der Waals surface area contributed by atoms with E-state index in [1.165, 1.54) is 6.92 Å². The first-order chi connectivity index (χ1) is 10.3. The van der Waals surface area contributed by atoms with E-state index in [4.69, 9.17) is 6.42 Å². The molecule has 116 valence electrons. The molecule has 1 fully saturated rings. The number of nitrogens with zero attached hydrogens (tertiary/aromatic N) is 3. The van der Waals surface area contributed by atoms with Crippen LogP contribution in [0.5, 0.6) is 0 Å². The van der Waals surface area contributed by atoms with Crippen molar-refractivity contribution in [3.63, 3.8) is 0 Å². The van der Waals surface area contributed by atoms with Gasteiger partial charge in [-0.1, -0.05) is 0 Å². The predicted molar refractivity (Wildman–Crippen MR) is 82.1 cm³/mol. The van der Waals surface area contributed by atoms with Crippen LogP contribution in [0.2, 0.25) is 0 Å². The third-order valence-corrected chi connectivity index (χ3v) is 4.06. The molecule has 6 heteroatoms. The quantitative estimate of drug-likeness (QED) is 0.362. The molecule has 0 N–H and O–H groups in total. The summed E-state index contributed by atoms with van der Waals surface area (Å²) in [7, 11) is 1.75. The predicted octanol–water partition coefficient (Wildman–Crippen LogP) is 2.30. The highest BCUT2D eigenvalue weighted by atomic mass is 19.1. The highest BCUT2D eigenvalue weighted by Crippen LogP contribution is 2.36. The summed E-state index contributed by atoms with van der Waals surface area (Å²) >= 11 is 0. The molecule has 0 saturated carbocycles. The van der Waals surface area contributed by atoms with Crippen LogP contribution >= 0.6 is 0 Å². The van der Waals surface area contributed by atoms with Gasteiger partial charge in [-0.2, -0.15) is 5.10 Å². The number of carbonyl (C=O) groups is 1. The van der Waals surface area contributed by atoms with Crippen LogP contribution in [0, 0.1) is 24.0 Å². The molecular weight excluding hydrogens is 288 g/mol. The van der Waals surface area contributed by atoms with Gasteiger partial charge in [-0.05, 0) is 13.0 Å². The van der Waals surface area contributed by atoms with Gasteiger partial charge in [-0.15, -0.1) is 12.3 Å². The lowest BCUT2D eigenvalue weighted by Crippen LogP contribution is -2.68. The van der Waals surface area contributed by atoms with E-state index in [1.807, 2.05) is 0 Å². The van der Waals surface area contributed by atoms with Crippen molar-refractivity contribution in [1.29, 1.82) is 0 Å². The zero-order chi connectivity index (χ0) is 16.5. The topological polar surface area (TPSA) is 35.9 Å². The van der Waals surface area contributed by atoms with Gasteiger partial charge in [0.2, 0.25) is 0 Å². The fraction of sp³-hybridized carbons (Fsp3) is 0.375. The second kappa shape index (κ2) is 5.76. The SMILES string of the molecule is C#CCC1(N(C)N=C)CN(c2cc(F)c(C(C)=O)cc2F)C1. The number of hydrogen-bond acceptors (Lipinski definition) is 4. The molecule has 22 heavy (non-hydrogen) atoms. The molecule has 4 nitrogen and oxygen atoms in total. The Bertz CT molecular complexity index is 660. The van der Waals surface area contributed by atoms with Crippen LogP contribution in [-0.2, 0) is 0 Å². The van der Waals surface area contributed by atoms with Gasteiger partial charge in [0.05, 0.1) is 11.3 Å². The number of Topliss-reactive ketones (excluding diaryl/α,β-unsaturated/α-hetero) is 1. The van der Waals surface area contributed by atoms with E-state index in [1.54, 1.807) is 17.0 Å². The molecule has 0 spiro atoms. The summed E-state index contributed by atoms with van der Waals surface area (Å²) < 4.78 is 28.0. The minimum Gasteiger partial charge on any atom is -0.364 e. The molecule has 1 aromatic rings. The van der Waals surface area contributed by atoms with Crippen molar-refractivity contribution in [2.75, 3.05) is 25.0 Å². The lowest BCUT2D eigenvalue weighted by atomic mass is 9.85. The van der Waals surface area contributed by atoms with Crippen molar-refractivity contribution in [3.05, 3.63) is 29.3 Å². The molecule has 0 bridgehead atoms. The van der Waals surface area contributed by atoms with E-state index in [-0.39, 0.29) is 11.3 Å². The molecule has 0 atom stereocenters. The Hall–Kier alpha value is -2.42. The van der Waals surface area contributed by atoms with Crippen molar-refractivity contribution < 1.29 is 13.6 Å². The Kier molecular flexibility index (Phi) is 4.18. The van der Waals surface area contributed by atoms with Crippen LogP contribution in [0.15, 0.2) is 17.2 Å². The average Bonchev–Trinajstić information content (AvgIpc) is 2.43. The highest BCUT2D eigenvalue weighted by Gasteiger charge is 2.46. The van der Waals surface area contributed by atoms with Gasteiger partial charge in [-0.25, -0.2) is 8.78 Å². The Morgan fingerprint density at radius 1 is 1.50 bits per heavy atom. The van der Waals surface area contributed by atoms with Crippen LogP contribution in [0.25, 0.3) is 0 Å². The first-order valence-electron chi connectivity index (χ1n) is 6.73. The summed E-state index contributed by atoms with van der Waals surface area (Å²) in [5, 5.41) is 5.51. The molecule has 1 aliphatic heterocycles. The molecule has 2 rings (SSSR count). The maximum absolute atomic E-state index is 14.1. The molecule has 1 aromatic carbocycles. The highest BCUT2D eigenvalue weighted by molar-refractivity contribution is 5.94. The number of benzene rings is 1. The Labute approximate surface area is 128 Å². The summed E-state index contributed by atoms with van der Waals surface area (Å²) in [4.78, 5) is 12.9. The number of hydrazone groups is 1. The van der Waals surface area contributed by atoms with Crippen molar-refractivity contribution in [3.8, 4) is 12.3 Å². The zero-order valence-electron chi connectivity index (χ0n) is 12.6. The average molecular weight is 305 g/mol. The van der Waals surface area contributed by atoms with E-state index in [0.717, 1.165) is 12.1 Å². The van der Waals surface area contributed by atoms with Gasteiger partial charge < -0.3 is 4.90 Å². The number of rotatable bonds is 5. The Morgan fingerprint density at radius 2 is 2.14 bits per heavy atom. The fourth-order valence-electron chi connectivity index (χ4n) is 2.65. The number of carbonyl (C=O) groups excluding carboxylic acids is 1. The van der Waals surface area contributed by atoms with Gasteiger partial charge in [0, 0.05) is 39.3 Å². The number of terminal acetylenes is 1. The van der Waals surface area contributed by atoms with Crippen molar-refractivity contribution >= 4 is 18.2 Å². The molecule has 1 saturated heterocycles. The lowest BCUT2D eigenvalue weighted by Gasteiger charge is -2.54. The van der Waals surface area contributed by atoms with Gasteiger partial charge in [0.15, 0.2) is 5.78 Å². The van der Waals surface area contributed by atoms with E-state index < -0.39 is 23.0 Å². The summed E-state index contributed by atoms with van der Waals surface area (Å²) in [6, 6.07) is 1.98. The first kappa shape index (κ1) is 16.0. The van der Waals surface area contributed by atoms with Crippen molar-refractivity contribution in [2.24, 2.45) is 5.10 Å². The second-order valence-corrected chi connectivity index (χ2v) is 5.47. The van der Waals surface area contributed by atoms with E-state index in [2.05, 4.69) is 17.7 Å². The number of anilines is 1.